The monoisotopic (exact) mass is 305 g/mol. The molecule has 1 aromatic heterocycles. The number of carbonyl (C=O) groups is 2. The third-order valence-corrected chi connectivity index (χ3v) is 3.87. The van der Waals surface area contributed by atoms with Crippen molar-refractivity contribution in [1.82, 2.24) is 9.78 Å². The second-order valence-electron chi connectivity index (χ2n) is 4.43. The number of hydrogen-bond donors (Lipinski definition) is 2. The maximum atomic E-state index is 11.1. The highest BCUT2D eigenvalue weighted by atomic mass is 32.2. The maximum absolute atomic E-state index is 11.1. The average molecular weight is 305 g/mol. The van der Waals surface area contributed by atoms with Gasteiger partial charge in [-0.25, -0.2) is 4.79 Å². The summed E-state index contributed by atoms with van der Waals surface area (Å²) in [6.07, 6.45) is 1.36. The minimum absolute atomic E-state index is 0.114. The Balaban J connectivity index is 2.05. The topological polar surface area (TPSA) is 84.2 Å². The summed E-state index contributed by atoms with van der Waals surface area (Å²) >= 11 is 1.51. The highest BCUT2D eigenvalue weighted by Gasteiger charge is 2.14. The van der Waals surface area contributed by atoms with Crippen molar-refractivity contribution >= 4 is 29.3 Å². The molecule has 7 heteroatoms. The number of carboxylic acids is 1. The Morgan fingerprint density at radius 3 is 2.57 bits per heavy atom. The number of nitrogens with zero attached hydrogens (tertiary/aromatic N) is 2. The highest BCUT2D eigenvalue weighted by molar-refractivity contribution is 7.98. The van der Waals surface area contributed by atoms with Crippen LogP contribution in [-0.2, 0) is 17.6 Å². The standard InChI is InChI=1S/C14H15N3O3S/c1-9(18)16-10-3-5-11(6-4-10)21-8-13-12(14(19)20)7-15-17(13)2/h3-7H,8H2,1-2H3,(H,16,18)(H,19,20). The zero-order chi connectivity index (χ0) is 15.4. The van der Waals surface area contributed by atoms with Crippen molar-refractivity contribution in [3.63, 3.8) is 0 Å². The number of amides is 1. The van der Waals surface area contributed by atoms with Gasteiger partial charge in [-0.2, -0.15) is 5.10 Å². The molecule has 2 rings (SSSR count). The second-order valence-corrected chi connectivity index (χ2v) is 5.48. The SMILES string of the molecule is CC(=O)Nc1ccc(SCc2c(C(=O)O)cnn2C)cc1. The number of carbonyl (C=O) groups excluding carboxylic acids is 1. The van der Waals surface area contributed by atoms with Crippen LogP contribution in [0.4, 0.5) is 5.69 Å². The van der Waals surface area contributed by atoms with Crippen molar-refractivity contribution in [3.8, 4) is 0 Å². The van der Waals surface area contributed by atoms with Crippen LogP contribution in [0.2, 0.25) is 0 Å². The van der Waals surface area contributed by atoms with Gasteiger partial charge in [0, 0.05) is 30.3 Å². The highest BCUT2D eigenvalue weighted by Crippen LogP contribution is 2.25. The normalized spacial score (nSPS) is 10.4. The summed E-state index contributed by atoms with van der Waals surface area (Å²) in [5.41, 5.74) is 1.62. The number of thioether (sulfide) groups is 1. The summed E-state index contributed by atoms with van der Waals surface area (Å²) in [7, 11) is 1.72. The fraction of sp³-hybridized carbons (Fsp3) is 0.214. The lowest BCUT2D eigenvalue weighted by atomic mass is 10.3. The van der Waals surface area contributed by atoms with E-state index in [1.807, 2.05) is 24.3 Å². The molecule has 1 heterocycles. The van der Waals surface area contributed by atoms with Gasteiger partial charge in [0.15, 0.2) is 0 Å². The number of carboxylic acid groups (broad SMARTS) is 1. The molecule has 0 aliphatic heterocycles. The second kappa shape index (κ2) is 6.45. The molecule has 0 aliphatic rings. The number of aromatic nitrogens is 2. The summed E-state index contributed by atoms with van der Waals surface area (Å²) in [5, 5.41) is 15.8. The summed E-state index contributed by atoms with van der Waals surface area (Å²) in [6.45, 7) is 1.46. The molecule has 6 nitrogen and oxygen atoms in total. The number of hydrogen-bond acceptors (Lipinski definition) is 4. The molecule has 0 atom stereocenters. The first kappa shape index (κ1) is 15.1. The first-order valence-electron chi connectivity index (χ1n) is 6.22. The lowest BCUT2D eigenvalue weighted by molar-refractivity contribution is -0.114. The van der Waals surface area contributed by atoms with Gasteiger partial charge in [0.1, 0.15) is 5.56 Å². The fourth-order valence-electron chi connectivity index (χ4n) is 1.80. The molecule has 0 saturated carbocycles. The predicted molar refractivity (Wildman–Crippen MR) is 80.5 cm³/mol. The minimum Gasteiger partial charge on any atom is -0.478 e. The van der Waals surface area contributed by atoms with Crippen LogP contribution in [0.25, 0.3) is 0 Å². The Morgan fingerprint density at radius 1 is 1.33 bits per heavy atom. The molecule has 0 fully saturated rings. The predicted octanol–water partition coefficient (Wildman–Crippen LogP) is 2.37. The van der Waals surface area contributed by atoms with Crippen LogP contribution in [0.5, 0.6) is 0 Å². The lowest BCUT2D eigenvalue weighted by Gasteiger charge is -2.06. The van der Waals surface area contributed by atoms with Crippen LogP contribution in [0, 0.1) is 0 Å². The molecule has 0 saturated heterocycles. The number of aromatic carboxylic acids is 1. The average Bonchev–Trinajstić information content (AvgIpc) is 2.79. The van der Waals surface area contributed by atoms with Crippen molar-refractivity contribution in [1.29, 1.82) is 0 Å². The van der Waals surface area contributed by atoms with Crippen LogP contribution >= 0.6 is 11.8 Å². The van der Waals surface area contributed by atoms with E-state index in [1.165, 1.54) is 24.9 Å². The molecule has 0 spiro atoms. The van der Waals surface area contributed by atoms with E-state index in [9.17, 15) is 9.59 Å². The Bertz CT molecular complexity index is 665. The fourth-order valence-corrected chi connectivity index (χ4v) is 2.78. The third kappa shape index (κ3) is 3.85. The smallest absolute Gasteiger partial charge is 0.339 e. The van der Waals surface area contributed by atoms with E-state index in [4.69, 9.17) is 5.11 Å². The Kier molecular flexibility index (Phi) is 4.64. The van der Waals surface area contributed by atoms with E-state index in [0.717, 1.165) is 10.6 Å². The number of rotatable bonds is 5. The van der Waals surface area contributed by atoms with Gasteiger partial charge in [0.2, 0.25) is 5.91 Å². The van der Waals surface area contributed by atoms with Gasteiger partial charge in [0.25, 0.3) is 0 Å². The van der Waals surface area contributed by atoms with E-state index >= 15 is 0 Å². The third-order valence-electron chi connectivity index (χ3n) is 2.84. The molecular formula is C14H15N3O3S. The summed E-state index contributed by atoms with van der Waals surface area (Å²) < 4.78 is 1.57. The first-order chi connectivity index (χ1) is 9.97. The molecule has 1 aromatic carbocycles. The molecular weight excluding hydrogens is 290 g/mol. The van der Waals surface area contributed by atoms with Crippen molar-refractivity contribution in [2.75, 3.05) is 5.32 Å². The largest absolute Gasteiger partial charge is 0.478 e. The van der Waals surface area contributed by atoms with Gasteiger partial charge < -0.3 is 10.4 Å². The molecule has 1 amide bonds. The number of aryl methyl sites for hydroxylation is 1. The van der Waals surface area contributed by atoms with Crippen LogP contribution in [0.3, 0.4) is 0 Å². The van der Waals surface area contributed by atoms with Crippen molar-refractivity contribution in [2.24, 2.45) is 7.05 Å². The zero-order valence-electron chi connectivity index (χ0n) is 11.7. The zero-order valence-corrected chi connectivity index (χ0v) is 12.5. The molecule has 0 radical (unpaired) electrons. The van der Waals surface area contributed by atoms with Gasteiger partial charge in [-0.05, 0) is 24.3 Å². The Labute approximate surface area is 126 Å². The number of nitrogens with one attached hydrogen (secondary N) is 1. The van der Waals surface area contributed by atoms with Gasteiger partial charge in [-0.3, -0.25) is 9.48 Å². The van der Waals surface area contributed by atoms with Crippen LogP contribution < -0.4 is 5.32 Å². The number of anilines is 1. The molecule has 2 N–H and O–H groups in total. The van der Waals surface area contributed by atoms with E-state index in [-0.39, 0.29) is 11.5 Å². The molecule has 110 valence electrons. The maximum Gasteiger partial charge on any atom is 0.339 e. The molecule has 0 bridgehead atoms. The molecule has 0 aliphatic carbocycles. The van der Waals surface area contributed by atoms with Crippen molar-refractivity contribution in [2.45, 2.75) is 17.6 Å². The van der Waals surface area contributed by atoms with Crippen LogP contribution in [-0.4, -0.2) is 26.8 Å². The minimum atomic E-state index is -0.972. The Hall–Kier alpha value is -2.28. The summed E-state index contributed by atoms with van der Waals surface area (Å²) in [4.78, 5) is 23.0. The van der Waals surface area contributed by atoms with Crippen molar-refractivity contribution < 1.29 is 14.7 Å². The van der Waals surface area contributed by atoms with Gasteiger partial charge in [-0.1, -0.05) is 0 Å². The Morgan fingerprint density at radius 2 is 2.00 bits per heavy atom. The summed E-state index contributed by atoms with van der Waals surface area (Å²) in [5.74, 6) is -0.575. The molecule has 21 heavy (non-hydrogen) atoms. The quantitative estimate of drug-likeness (QED) is 0.828. The van der Waals surface area contributed by atoms with Gasteiger partial charge in [-0.15, -0.1) is 11.8 Å². The van der Waals surface area contributed by atoms with Crippen molar-refractivity contribution in [3.05, 3.63) is 41.7 Å². The van der Waals surface area contributed by atoms with E-state index < -0.39 is 5.97 Å². The molecule has 2 aromatic rings. The first-order valence-corrected chi connectivity index (χ1v) is 7.20. The van der Waals surface area contributed by atoms with Crippen LogP contribution in [0.15, 0.2) is 35.4 Å². The summed E-state index contributed by atoms with van der Waals surface area (Å²) in [6, 6.07) is 7.38. The number of benzene rings is 1. The van der Waals surface area contributed by atoms with E-state index in [2.05, 4.69) is 10.4 Å². The lowest BCUT2D eigenvalue weighted by Crippen LogP contribution is -2.05. The molecule has 0 unspecified atom stereocenters. The van der Waals surface area contributed by atoms with E-state index in [0.29, 0.717) is 11.4 Å². The van der Waals surface area contributed by atoms with Gasteiger partial charge >= 0.3 is 5.97 Å². The van der Waals surface area contributed by atoms with Crippen LogP contribution in [0.1, 0.15) is 23.0 Å². The van der Waals surface area contributed by atoms with Gasteiger partial charge in [0.05, 0.1) is 11.9 Å². The van der Waals surface area contributed by atoms with E-state index in [1.54, 1.807) is 11.7 Å².